The summed E-state index contributed by atoms with van der Waals surface area (Å²) in [5.74, 6) is -0.842. The largest absolute Gasteiger partial charge is 0.491 e. The van der Waals surface area contributed by atoms with Crippen LogP contribution in [0.25, 0.3) is 0 Å². The molecule has 0 spiro atoms. The second kappa shape index (κ2) is 21.8. The van der Waals surface area contributed by atoms with E-state index in [1.165, 1.54) is 6.07 Å². The molecule has 0 radical (unpaired) electrons. The molecule has 15 nitrogen and oxygen atoms in total. The highest BCUT2D eigenvalue weighted by Crippen LogP contribution is 2.40. The number of hydrogen-bond acceptors (Lipinski definition) is 11. The molecule has 5 atom stereocenters. The van der Waals surface area contributed by atoms with Gasteiger partial charge in [-0.3, -0.25) is 24.1 Å². The second-order valence-electron chi connectivity index (χ2n) is 18.5. The predicted molar refractivity (Wildman–Crippen MR) is 252 cm³/mol. The Morgan fingerprint density at radius 3 is 2.24 bits per heavy atom. The van der Waals surface area contributed by atoms with Crippen LogP contribution in [-0.4, -0.2) is 117 Å². The molecule has 0 aromatic heterocycles. The fourth-order valence-corrected chi connectivity index (χ4v) is 9.12. The average molecular weight is 964 g/mol. The van der Waals surface area contributed by atoms with Gasteiger partial charge in [0.1, 0.15) is 30.0 Å². The number of benzene rings is 3. The van der Waals surface area contributed by atoms with Crippen molar-refractivity contribution in [3.63, 3.8) is 0 Å². The standard InChI is InChI=1S/C49H60F3N7O8S/c1-30(54-7)42(60)56-41(47(2,3)4)44(62)57-20-10-13-38(57)43(61)55-40-36-12-9-8-11-31(36)27-39(40)67-26-24-65-22-21-64-23-25-66-35-18-16-33(17-19-35)59-46(68)58(45(63)48(59,5)6)34-15-14-32(29-53)37(28-34)49(50,51)52/h8-9,11-12,14-19,28,30,38-41,54H,10,13,20-27H2,1-7H3,(H,55,61)(H,56,60)/t30-,38-,39+,40-,41+/m0/s1. The monoisotopic (exact) mass is 963 g/mol. The number of carbonyl (C=O) groups is 4. The molecule has 3 aromatic carbocycles. The topological polar surface area (TPSA) is 175 Å². The first-order chi connectivity index (χ1) is 32.2. The number of nitriles is 1. The fourth-order valence-electron chi connectivity index (χ4n) is 8.60. The molecule has 366 valence electrons. The molecule has 4 amide bonds. The predicted octanol–water partition coefficient (Wildman–Crippen LogP) is 5.83. The molecule has 68 heavy (non-hydrogen) atoms. The number of amides is 4. The van der Waals surface area contributed by atoms with E-state index in [2.05, 4.69) is 16.0 Å². The Hall–Kier alpha value is -5.65. The summed E-state index contributed by atoms with van der Waals surface area (Å²) in [7, 11) is 1.68. The molecule has 2 saturated heterocycles. The van der Waals surface area contributed by atoms with Crippen LogP contribution >= 0.6 is 12.2 Å². The van der Waals surface area contributed by atoms with Crippen LogP contribution in [0.15, 0.2) is 66.7 Å². The van der Waals surface area contributed by atoms with Gasteiger partial charge in [-0.1, -0.05) is 45.0 Å². The van der Waals surface area contributed by atoms with Gasteiger partial charge in [-0.05, 0) is 112 Å². The summed E-state index contributed by atoms with van der Waals surface area (Å²) in [5.41, 5.74) is -1.06. The van der Waals surface area contributed by atoms with Crippen LogP contribution in [0.5, 0.6) is 5.75 Å². The van der Waals surface area contributed by atoms with Crippen LogP contribution in [0, 0.1) is 16.7 Å². The number of hydrogen-bond donors (Lipinski definition) is 3. The van der Waals surface area contributed by atoms with Gasteiger partial charge in [0.2, 0.25) is 17.7 Å². The summed E-state index contributed by atoms with van der Waals surface area (Å²) in [6, 6.07) is 16.8. The molecule has 3 N–H and O–H groups in total. The maximum Gasteiger partial charge on any atom is 0.417 e. The zero-order valence-electron chi connectivity index (χ0n) is 39.4. The Kier molecular flexibility index (Phi) is 16.6. The van der Waals surface area contributed by atoms with E-state index in [0.29, 0.717) is 57.1 Å². The lowest BCUT2D eigenvalue weighted by Crippen LogP contribution is -2.59. The van der Waals surface area contributed by atoms with Crippen LogP contribution in [0.1, 0.15) is 82.7 Å². The number of fused-ring (bicyclic) bond motifs is 1. The van der Waals surface area contributed by atoms with Crippen molar-refractivity contribution in [1.82, 2.24) is 20.9 Å². The Bertz CT molecular complexity index is 2370. The van der Waals surface area contributed by atoms with Crippen molar-refractivity contribution in [3.8, 4) is 11.8 Å². The number of rotatable bonds is 19. The summed E-state index contributed by atoms with van der Waals surface area (Å²) < 4.78 is 64.7. The molecule has 3 aliphatic rings. The van der Waals surface area contributed by atoms with Crippen LogP contribution < -0.4 is 30.5 Å². The van der Waals surface area contributed by atoms with Crippen LogP contribution in [-0.2, 0) is 46.0 Å². The van der Waals surface area contributed by atoms with E-state index in [4.69, 9.17) is 31.2 Å². The molecule has 3 aromatic rings. The van der Waals surface area contributed by atoms with Gasteiger partial charge < -0.3 is 44.7 Å². The zero-order valence-corrected chi connectivity index (χ0v) is 40.2. The van der Waals surface area contributed by atoms with E-state index < -0.39 is 58.3 Å². The highest BCUT2D eigenvalue weighted by molar-refractivity contribution is 7.81. The number of nitrogens with one attached hydrogen (secondary N) is 3. The third-order valence-corrected chi connectivity index (χ3v) is 12.8. The normalized spacial score (nSPS) is 20.0. The number of alkyl halides is 3. The minimum Gasteiger partial charge on any atom is -0.491 e. The zero-order chi connectivity index (χ0) is 49.6. The van der Waals surface area contributed by atoms with Gasteiger partial charge in [0.25, 0.3) is 5.91 Å². The average Bonchev–Trinajstić information content (AvgIpc) is 3.97. The highest BCUT2D eigenvalue weighted by atomic mass is 32.1. The van der Waals surface area contributed by atoms with Crippen molar-refractivity contribution in [2.45, 2.75) is 103 Å². The molecule has 1 aliphatic carbocycles. The van der Waals surface area contributed by atoms with Crippen molar-refractivity contribution in [3.05, 3.63) is 89.0 Å². The fraction of sp³-hybridized carbons (Fsp3) is 0.510. The number of carbonyl (C=O) groups excluding carboxylic acids is 4. The van der Waals surface area contributed by atoms with Crippen molar-refractivity contribution < 1.29 is 51.3 Å². The number of ether oxygens (including phenoxy) is 4. The molecule has 0 bridgehead atoms. The summed E-state index contributed by atoms with van der Waals surface area (Å²) in [6.45, 7) is 12.7. The van der Waals surface area contributed by atoms with Gasteiger partial charge in [0, 0.05) is 18.7 Å². The van der Waals surface area contributed by atoms with E-state index in [9.17, 15) is 37.6 Å². The van der Waals surface area contributed by atoms with E-state index in [1.54, 1.807) is 68.0 Å². The maximum absolute atomic E-state index is 14.0. The first-order valence-corrected chi connectivity index (χ1v) is 23.1. The molecule has 2 fully saturated rings. The lowest BCUT2D eigenvalue weighted by Gasteiger charge is -2.36. The van der Waals surface area contributed by atoms with Crippen molar-refractivity contribution >= 4 is 52.3 Å². The number of likely N-dealkylation sites (N-methyl/N-ethyl adjacent to an activating group) is 1. The summed E-state index contributed by atoms with van der Waals surface area (Å²) in [6.07, 6.45) is -3.38. The molecular weight excluding hydrogens is 904 g/mol. The number of likely N-dealkylation sites (tertiary alicyclic amines) is 1. The molecule has 0 saturated carbocycles. The third-order valence-electron chi connectivity index (χ3n) is 12.4. The Balaban J connectivity index is 0.928. The lowest BCUT2D eigenvalue weighted by atomic mass is 9.85. The summed E-state index contributed by atoms with van der Waals surface area (Å²) >= 11 is 5.63. The van der Waals surface area contributed by atoms with Gasteiger partial charge in [-0.2, -0.15) is 18.4 Å². The third kappa shape index (κ3) is 11.6. The lowest BCUT2D eigenvalue weighted by molar-refractivity contribution is -0.144. The molecular formula is C49H60F3N7O8S. The molecule has 2 aliphatic heterocycles. The smallest absolute Gasteiger partial charge is 0.417 e. The van der Waals surface area contributed by atoms with E-state index >= 15 is 0 Å². The van der Waals surface area contributed by atoms with Gasteiger partial charge >= 0.3 is 6.18 Å². The summed E-state index contributed by atoms with van der Waals surface area (Å²) in [4.78, 5) is 58.5. The van der Waals surface area contributed by atoms with Crippen molar-refractivity contribution in [2.75, 3.05) is 63.0 Å². The molecule has 6 rings (SSSR count). The minimum atomic E-state index is -4.80. The van der Waals surface area contributed by atoms with Crippen molar-refractivity contribution in [1.29, 1.82) is 5.26 Å². The number of thiocarbonyl (C=S) groups is 1. The van der Waals surface area contributed by atoms with Crippen LogP contribution in [0.3, 0.4) is 0 Å². The van der Waals surface area contributed by atoms with Gasteiger partial charge in [-0.25, -0.2) is 0 Å². The molecule has 19 heteroatoms. The highest BCUT2D eigenvalue weighted by Gasteiger charge is 2.51. The SMILES string of the molecule is CN[C@@H](C)C(=O)N[C@H](C(=O)N1CCC[C@H]1C(=O)N[C@H]1c2ccccc2C[C@H]1OCCOCCOCCOc1ccc(N2C(=S)N(c3ccc(C#N)c(C(F)(F)F)c3)C(=O)C2(C)C)cc1)C(C)(C)C. The first kappa shape index (κ1) is 51.7. The van der Waals surface area contributed by atoms with E-state index in [0.717, 1.165) is 28.2 Å². The van der Waals surface area contributed by atoms with Crippen molar-refractivity contribution in [2.24, 2.45) is 5.41 Å². The van der Waals surface area contributed by atoms with Gasteiger partial charge in [0.05, 0.1) is 74.1 Å². The Labute approximate surface area is 400 Å². The number of nitrogens with zero attached hydrogens (tertiary/aromatic N) is 4. The Morgan fingerprint density at radius 2 is 1.59 bits per heavy atom. The van der Waals surface area contributed by atoms with E-state index in [1.807, 2.05) is 45.0 Å². The van der Waals surface area contributed by atoms with Gasteiger partial charge in [0.15, 0.2) is 5.11 Å². The van der Waals surface area contributed by atoms with Crippen LogP contribution in [0.2, 0.25) is 0 Å². The number of halogens is 3. The quantitative estimate of drug-likeness (QED) is 0.0970. The Morgan fingerprint density at radius 1 is 0.941 bits per heavy atom. The second-order valence-corrected chi connectivity index (χ2v) is 18.9. The summed E-state index contributed by atoms with van der Waals surface area (Å²) in [5, 5.41) is 18.2. The maximum atomic E-state index is 14.0. The number of anilines is 2. The molecule has 2 heterocycles. The van der Waals surface area contributed by atoms with E-state index in [-0.39, 0.29) is 54.4 Å². The minimum absolute atomic E-state index is 0.0113. The van der Waals surface area contributed by atoms with Crippen LogP contribution in [0.4, 0.5) is 24.5 Å². The van der Waals surface area contributed by atoms with Gasteiger partial charge in [-0.15, -0.1) is 0 Å². The first-order valence-electron chi connectivity index (χ1n) is 22.6. The molecule has 0 unspecified atom stereocenters.